The second-order valence-electron chi connectivity index (χ2n) is 3.17. The largest absolute Gasteiger partial charge is 0.433 e. The number of alkyl halides is 3. The van der Waals surface area contributed by atoms with E-state index in [-0.39, 0.29) is 22.4 Å². The quantitative estimate of drug-likeness (QED) is 0.900. The molecule has 0 unspecified atom stereocenters. The van der Waals surface area contributed by atoms with Crippen LogP contribution in [0.5, 0.6) is 0 Å². The lowest BCUT2D eigenvalue weighted by atomic mass is 10.3. The summed E-state index contributed by atoms with van der Waals surface area (Å²) in [6, 6.07) is 0.948. The third-order valence-corrected chi connectivity index (χ3v) is 2.80. The fourth-order valence-electron chi connectivity index (χ4n) is 1.33. The minimum atomic E-state index is -4.43. The SMILES string of the molecule is CCn1nc(-c2nnc(N)s2)cc1C(F)(F)F. The predicted octanol–water partition coefficient (Wildman–Crippen LogP) is 2.02. The Morgan fingerprint density at radius 3 is 2.53 bits per heavy atom. The van der Waals surface area contributed by atoms with E-state index in [9.17, 15) is 13.2 Å². The van der Waals surface area contributed by atoms with Gasteiger partial charge in [0.15, 0.2) is 5.01 Å². The van der Waals surface area contributed by atoms with Gasteiger partial charge >= 0.3 is 6.18 Å². The van der Waals surface area contributed by atoms with Gasteiger partial charge in [-0.15, -0.1) is 10.2 Å². The summed E-state index contributed by atoms with van der Waals surface area (Å²) in [4.78, 5) is 0. The third kappa shape index (κ3) is 2.23. The molecule has 0 saturated carbocycles. The maximum Gasteiger partial charge on any atom is 0.433 e. The highest BCUT2D eigenvalue weighted by molar-refractivity contribution is 7.18. The second kappa shape index (κ2) is 3.99. The molecule has 2 aromatic heterocycles. The molecular formula is C8H8F3N5S. The Morgan fingerprint density at radius 1 is 1.41 bits per heavy atom. The molecule has 92 valence electrons. The molecule has 2 heterocycles. The van der Waals surface area contributed by atoms with Crippen molar-refractivity contribution >= 4 is 16.5 Å². The Balaban J connectivity index is 2.48. The summed E-state index contributed by atoms with van der Waals surface area (Å²) in [7, 11) is 0. The topological polar surface area (TPSA) is 69.6 Å². The van der Waals surface area contributed by atoms with Gasteiger partial charge < -0.3 is 5.73 Å². The van der Waals surface area contributed by atoms with Crippen LogP contribution in [0.3, 0.4) is 0 Å². The van der Waals surface area contributed by atoms with E-state index in [0.717, 1.165) is 22.1 Å². The molecule has 0 fully saturated rings. The monoisotopic (exact) mass is 263 g/mol. The number of hydrogen-bond acceptors (Lipinski definition) is 5. The standard InChI is InChI=1S/C8H8F3N5S/c1-2-16-5(8(9,10)11)3-4(15-16)6-13-14-7(12)17-6/h3H,2H2,1H3,(H2,12,14). The van der Waals surface area contributed by atoms with Gasteiger partial charge in [-0.25, -0.2) is 0 Å². The number of aromatic nitrogens is 4. The van der Waals surface area contributed by atoms with Crippen molar-refractivity contribution in [3.8, 4) is 10.7 Å². The Hall–Kier alpha value is -1.64. The number of rotatable bonds is 2. The zero-order chi connectivity index (χ0) is 12.6. The van der Waals surface area contributed by atoms with Gasteiger partial charge in [-0.05, 0) is 13.0 Å². The lowest BCUT2D eigenvalue weighted by Crippen LogP contribution is -2.13. The van der Waals surface area contributed by atoms with Gasteiger partial charge in [-0.2, -0.15) is 18.3 Å². The van der Waals surface area contributed by atoms with Gasteiger partial charge in [0.1, 0.15) is 11.4 Å². The van der Waals surface area contributed by atoms with Crippen LogP contribution in [0.15, 0.2) is 6.07 Å². The smallest absolute Gasteiger partial charge is 0.374 e. The maximum atomic E-state index is 12.7. The fraction of sp³-hybridized carbons (Fsp3) is 0.375. The van der Waals surface area contributed by atoms with Crippen molar-refractivity contribution in [2.45, 2.75) is 19.6 Å². The summed E-state index contributed by atoms with van der Waals surface area (Å²) in [6.45, 7) is 1.71. The normalized spacial score (nSPS) is 12.0. The molecule has 0 atom stereocenters. The molecule has 0 amide bonds. The molecule has 0 saturated heterocycles. The molecule has 0 aliphatic rings. The summed E-state index contributed by atoms with van der Waals surface area (Å²) in [5, 5.41) is 11.5. The van der Waals surface area contributed by atoms with Gasteiger partial charge in [0, 0.05) is 6.54 Å². The Labute approximate surface area is 98.1 Å². The van der Waals surface area contributed by atoms with Gasteiger partial charge in [0.05, 0.1) is 0 Å². The van der Waals surface area contributed by atoms with Crippen molar-refractivity contribution in [3.63, 3.8) is 0 Å². The lowest BCUT2D eigenvalue weighted by molar-refractivity contribution is -0.144. The van der Waals surface area contributed by atoms with E-state index < -0.39 is 11.9 Å². The van der Waals surface area contributed by atoms with Crippen LogP contribution in [0.2, 0.25) is 0 Å². The van der Waals surface area contributed by atoms with Crippen molar-refractivity contribution in [1.82, 2.24) is 20.0 Å². The van der Waals surface area contributed by atoms with Crippen LogP contribution in [0.25, 0.3) is 10.7 Å². The summed E-state index contributed by atoms with van der Waals surface area (Å²) in [5.41, 5.74) is 4.70. The molecular weight excluding hydrogens is 255 g/mol. The zero-order valence-corrected chi connectivity index (χ0v) is 9.51. The van der Waals surface area contributed by atoms with Crippen LogP contribution >= 0.6 is 11.3 Å². The first-order chi connectivity index (χ1) is 7.91. The van der Waals surface area contributed by atoms with Gasteiger partial charge in [0.25, 0.3) is 0 Å². The van der Waals surface area contributed by atoms with Crippen molar-refractivity contribution < 1.29 is 13.2 Å². The molecule has 2 rings (SSSR count). The number of anilines is 1. The predicted molar refractivity (Wildman–Crippen MR) is 56.2 cm³/mol. The summed E-state index contributed by atoms with van der Waals surface area (Å²) < 4.78 is 38.8. The molecule has 5 nitrogen and oxygen atoms in total. The number of nitrogens with zero attached hydrogens (tertiary/aromatic N) is 4. The molecule has 0 bridgehead atoms. The molecule has 0 aliphatic carbocycles. The van der Waals surface area contributed by atoms with E-state index in [2.05, 4.69) is 15.3 Å². The number of nitrogens with two attached hydrogens (primary N) is 1. The minimum absolute atomic E-state index is 0.128. The molecule has 0 spiro atoms. The first-order valence-electron chi connectivity index (χ1n) is 4.66. The molecule has 2 aromatic rings. The van der Waals surface area contributed by atoms with E-state index >= 15 is 0 Å². The maximum absolute atomic E-state index is 12.7. The number of hydrogen-bond donors (Lipinski definition) is 1. The first-order valence-corrected chi connectivity index (χ1v) is 5.48. The van der Waals surface area contributed by atoms with Crippen LogP contribution in [0.4, 0.5) is 18.3 Å². The average molecular weight is 263 g/mol. The van der Waals surface area contributed by atoms with E-state index in [1.54, 1.807) is 6.92 Å². The molecule has 0 radical (unpaired) electrons. The Bertz CT molecular complexity index is 529. The van der Waals surface area contributed by atoms with Gasteiger partial charge in [-0.1, -0.05) is 11.3 Å². The van der Waals surface area contributed by atoms with Crippen LogP contribution in [0.1, 0.15) is 12.6 Å². The third-order valence-electron chi connectivity index (χ3n) is 2.03. The average Bonchev–Trinajstić information content (AvgIpc) is 2.81. The van der Waals surface area contributed by atoms with Gasteiger partial charge in [-0.3, -0.25) is 4.68 Å². The zero-order valence-electron chi connectivity index (χ0n) is 8.69. The van der Waals surface area contributed by atoms with E-state index in [4.69, 9.17) is 5.73 Å². The van der Waals surface area contributed by atoms with Crippen LogP contribution in [-0.2, 0) is 12.7 Å². The fourth-order valence-corrected chi connectivity index (χ4v) is 1.89. The van der Waals surface area contributed by atoms with Crippen molar-refractivity contribution in [1.29, 1.82) is 0 Å². The van der Waals surface area contributed by atoms with Crippen molar-refractivity contribution in [2.75, 3.05) is 5.73 Å². The van der Waals surface area contributed by atoms with Crippen LogP contribution in [0, 0.1) is 0 Å². The highest BCUT2D eigenvalue weighted by atomic mass is 32.1. The van der Waals surface area contributed by atoms with Crippen LogP contribution in [-0.4, -0.2) is 20.0 Å². The first kappa shape index (κ1) is 11.8. The van der Waals surface area contributed by atoms with E-state index in [1.807, 2.05) is 0 Å². The van der Waals surface area contributed by atoms with E-state index in [1.165, 1.54) is 0 Å². The number of halogens is 3. The molecule has 0 aromatic carbocycles. The lowest BCUT2D eigenvalue weighted by Gasteiger charge is -2.06. The molecule has 0 aliphatic heterocycles. The molecule has 17 heavy (non-hydrogen) atoms. The summed E-state index contributed by atoms with van der Waals surface area (Å²) >= 11 is 0.996. The Morgan fingerprint density at radius 2 is 2.12 bits per heavy atom. The van der Waals surface area contributed by atoms with Crippen molar-refractivity contribution in [2.24, 2.45) is 0 Å². The molecule has 9 heteroatoms. The van der Waals surface area contributed by atoms with E-state index in [0.29, 0.717) is 0 Å². The Kier molecular flexibility index (Phi) is 2.77. The van der Waals surface area contributed by atoms with Crippen LogP contribution < -0.4 is 5.73 Å². The minimum Gasteiger partial charge on any atom is -0.374 e. The highest BCUT2D eigenvalue weighted by Crippen LogP contribution is 2.33. The molecule has 2 N–H and O–H groups in total. The highest BCUT2D eigenvalue weighted by Gasteiger charge is 2.35. The van der Waals surface area contributed by atoms with Gasteiger partial charge in [0.2, 0.25) is 5.13 Å². The summed E-state index contributed by atoms with van der Waals surface area (Å²) in [5.74, 6) is 0. The van der Waals surface area contributed by atoms with Crippen molar-refractivity contribution in [3.05, 3.63) is 11.8 Å². The second-order valence-corrected chi connectivity index (χ2v) is 4.18. The number of nitrogen functional groups attached to an aromatic ring is 1. The number of aryl methyl sites for hydroxylation is 1. The summed E-state index contributed by atoms with van der Waals surface area (Å²) in [6.07, 6.45) is -4.43.